The SMILES string of the molecule is COc1cc2c(cc1OC)CN(C(=O)c1ccc(NS(=O)(=O)c3ccc(F)cc3)cc1)CC2. The Labute approximate surface area is 191 Å². The van der Waals surface area contributed by atoms with Gasteiger partial charge in [0.2, 0.25) is 0 Å². The van der Waals surface area contributed by atoms with Crippen LogP contribution in [0.5, 0.6) is 11.5 Å². The molecule has 0 saturated heterocycles. The van der Waals surface area contributed by atoms with Crippen molar-refractivity contribution < 1.29 is 27.1 Å². The standard InChI is InChI=1S/C24H23FN2O5S/c1-31-22-13-17-11-12-27(15-18(17)14-23(22)32-2)24(28)16-3-7-20(8-4-16)26-33(29,30)21-9-5-19(25)6-10-21/h3-10,13-14,26H,11-12,15H2,1-2H3. The van der Waals surface area contributed by atoms with Gasteiger partial charge in [-0.2, -0.15) is 0 Å². The maximum Gasteiger partial charge on any atom is 0.261 e. The monoisotopic (exact) mass is 470 g/mol. The number of rotatable bonds is 6. The topological polar surface area (TPSA) is 84.9 Å². The minimum absolute atomic E-state index is 0.0527. The van der Waals surface area contributed by atoms with Gasteiger partial charge in [-0.3, -0.25) is 9.52 Å². The van der Waals surface area contributed by atoms with Gasteiger partial charge in [0.05, 0.1) is 19.1 Å². The summed E-state index contributed by atoms with van der Waals surface area (Å²) < 4.78 is 51.2. The number of fused-ring (bicyclic) bond motifs is 1. The van der Waals surface area contributed by atoms with E-state index in [1.807, 2.05) is 12.1 Å². The molecule has 0 radical (unpaired) electrons. The molecule has 0 aromatic heterocycles. The van der Waals surface area contributed by atoms with Gasteiger partial charge in [-0.1, -0.05) is 0 Å². The molecule has 0 atom stereocenters. The van der Waals surface area contributed by atoms with Gasteiger partial charge in [-0.15, -0.1) is 0 Å². The van der Waals surface area contributed by atoms with Crippen LogP contribution in [0.4, 0.5) is 10.1 Å². The summed E-state index contributed by atoms with van der Waals surface area (Å²) in [4.78, 5) is 14.7. The molecule has 0 fully saturated rings. The maximum absolute atomic E-state index is 13.1. The third-order valence-corrected chi connectivity index (χ3v) is 6.91. The molecular formula is C24H23FN2O5S. The molecule has 0 aliphatic carbocycles. The summed E-state index contributed by atoms with van der Waals surface area (Å²) in [5, 5.41) is 0. The third-order valence-electron chi connectivity index (χ3n) is 5.51. The smallest absolute Gasteiger partial charge is 0.261 e. The molecule has 0 saturated carbocycles. The van der Waals surface area contributed by atoms with Crippen LogP contribution in [0.25, 0.3) is 0 Å². The number of carbonyl (C=O) groups is 1. The number of carbonyl (C=O) groups excluding carboxylic acids is 1. The Morgan fingerprint density at radius 3 is 2.15 bits per heavy atom. The van der Waals surface area contributed by atoms with Crippen LogP contribution in [-0.4, -0.2) is 40.0 Å². The predicted octanol–water partition coefficient (Wildman–Crippen LogP) is 3.84. The molecule has 3 aromatic rings. The van der Waals surface area contributed by atoms with E-state index in [-0.39, 0.29) is 10.8 Å². The molecule has 1 amide bonds. The highest BCUT2D eigenvalue weighted by atomic mass is 32.2. The second-order valence-corrected chi connectivity index (χ2v) is 9.27. The summed E-state index contributed by atoms with van der Waals surface area (Å²) in [6.07, 6.45) is 0.691. The zero-order valence-corrected chi connectivity index (χ0v) is 19.0. The van der Waals surface area contributed by atoms with Crippen LogP contribution in [0.3, 0.4) is 0 Å². The third kappa shape index (κ3) is 4.78. The number of nitrogens with zero attached hydrogens (tertiary/aromatic N) is 1. The first-order valence-corrected chi connectivity index (χ1v) is 11.7. The molecule has 7 nitrogen and oxygen atoms in total. The highest BCUT2D eigenvalue weighted by Crippen LogP contribution is 2.33. The molecule has 1 heterocycles. The largest absolute Gasteiger partial charge is 0.493 e. The molecule has 0 bridgehead atoms. The second-order valence-electron chi connectivity index (χ2n) is 7.59. The van der Waals surface area contributed by atoms with E-state index >= 15 is 0 Å². The number of hydrogen-bond acceptors (Lipinski definition) is 5. The van der Waals surface area contributed by atoms with Crippen molar-refractivity contribution in [2.24, 2.45) is 0 Å². The van der Waals surface area contributed by atoms with Crippen LogP contribution in [-0.2, 0) is 23.0 Å². The van der Waals surface area contributed by atoms with Crippen molar-refractivity contribution in [3.05, 3.63) is 83.2 Å². The van der Waals surface area contributed by atoms with E-state index in [4.69, 9.17) is 9.47 Å². The Bertz CT molecular complexity index is 1280. The molecule has 3 aromatic carbocycles. The number of ether oxygens (including phenoxy) is 2. The van der Waals surface area contributed by atoms with E-state index in [2.05, 4.69) is 4.72 Å². The van der Waals surface area contributed by atoms with Crippen molar-refractivity contribution in [1.82, 2.24) is 4.90 Å². The molecule has 4 rings (SSSR count). The lowest BCUT2D eigenvalue weighted by atomic mass is 9.98. The van der Waals surface area contributed by atoms with Crippen molar-refractivity contribution in [2.75, 3.05) is 25.5 Å². The molecule has 0 unspecified atom stereocenters. The summed E-state index contributed by atoms with van der Waals surface area (Å²) in [5.41, 5.74) is 2.86. The van der Waals surface area contributed by atoms with Gasteiger partial charge in [-0.25, -0.2) is 12.8 Å². The van der Waals surface area contributed by atoms with Crippen LogP contribution in [0.1, 0.15) is 21.5 Å². The van der Waals surface area contributed by atoms with Gasteiger partial charge in [-0.05, 0) is 78.2 Å². The molecule has 1 aliphatic heterocycles. The number of hydrogen-bond donors (Lipinski definition) is 1. The second kappa shape index (κ2) is 9.11. The van der Waals surface area contributed by atoms with Crippen molar-refractivity contribution in [2.45, 2.75) is 17.9 Å². The van der Waals surface area contributed by atoms with Gasteiger partial charge in [0, 0.05) is 24.3 Å². The fraction of sp³-hybridized carbons (Fsp3) is 0.208. The highest BCUT2D eigenvalue weighted by molar-refractivity contribution is 7.92. The number of nitrogens with one attached hydrogen (secondary N) is 1. The van der Waals surface area contributed by atoms with Gasteiger partial charge < -0.3 is 14.4 Å². The van der Waals surface area contributed by atoms with Crippen molar-refractivity contribution in [3.8, 4) is 11.5 Å². The number of sulfonamides is 1. The van der Waals surface area contributed by atoms with Crippen molar-refractivity contribution >= 4 is 21.6 Å². The number of anilines is 1. The average molecular weight is 471 g/mol. The fourth-order valence-corrected chi connectivity index (χ4v) is 4.81. The van der Waals surface area contributed by atoms with Gasteiger partial charge in [0.1, 0.15) is 5.82 Å². The predicted molar refractivity (Wildman–Crippen MR) is 122 cm³/mol. The van der Waals surface area contributed by atoms with Crippen molar-refractivity contribution in [3.63, 3.8) is 0 Å². The first-order valence-electron chi connectivity index (χ1n) is 10.2. The lowest BCUT2D eigenvalue weighted by Gasteiger charge is -2.29. The number of benzene rings is 3. The molecule has 172 valence electrons. The molecule has 9 heteroatoms. The molecule has 1 aliphatic rings. The van der Waals surface area contributed by atoms with Gasteiger partial charge in [0.15, 0.2) is 11.5 Å². The van der Waals surface area contributed by atoms with E-state index in [0.29, 0.717) is 42.3 Å². The lowest BCUT2D eigenvalue weighted by molar-refractivity contribution is 0.0734. The highest BCUT2D eigenvalue weighted by Gasteiger charge is 2.24. The minimum atomic E-state index is -3.86. The van der Waals surface area contributed by atoms with Crippen LogP contribution < -0.4 is 14.2 Å². The lowest BCUT2D eigenvalue weighted by Crippen LogP contribution is -2.36. The van der Waals surface area contributed by atoms with Gasteiger partial charge >= 0.3 is 0 Å². The van der Waals surface area contributed by atoms with Crippen molar-refractivity contribution in [1.29, 1.82) is 0 Å². The van der Waals surface area contributed by atoms with Crippen LogP contribution in [0.2, 0.25) is 0 Å². The number of methoxy groups -OCH3 is 2. The van der Waals surface area contributed by atoms with E-state index < -0.39 is 15.8 Å². The first-order chi connectivity index (χ1) is 15.8. The Morgan fingerprint density at radius 1 is 0.939 bits per heavy atom. The summed E-state index contributed by atoms with van der Waals surface area (Å²) in [6.45, 7) is 0.994. The summed E-state index contributed by atoms with van der Waals surface area (Å²) >= 11 is 0. The van der Waals surface area contributed by atoms with E-state index in [9.17, 15) is 17.6 Å². The number of halogens is 1. The van der Waals surface area contributed by atoms with Crippen LogP contribution in [0.15, 0.2) is 65.6 Å². The fourth-order valence-electron chi connectivity index (χ4n) is 3.75. The Kier molecular flexibility index (Phi) is 6.24. The minimum Gasteiger partial charge on any atom is -0.493 e. The molecule has 33 heavy (non-hydrogen) atoms. The van der Waals surface area contributed by atoms with Gasteiger partial charge in [0.25, 0.3) is 15.9 Å². The van der Waals surface area contributed by atoms with Crippen LogP contribution in [0, 0.1) is 5.82 Å². The number of amides is 1. The Hall–Kier alpha value is -3.59. The Balaban J connectivity index is 1.47. The molecular weight excluding hydrogens is 447 g/mol. The normalized spacial score (nSPS) is 13.2. The maximum atomic E-state index is 13.1. The summed E-state index contributed by atoms with van der Waals surface area (Å²) in [6, 6.07) is 14.6. The molecule has 1 N–H and O–H groups in total. The summed E-state index contributed by atoms with van der Waals surface area (Å²) in [5.74, 6) is 0.608. The van der Waals surface area contributed by atoms with E-state index in [0.717, 1.165) is 23.3 Å². The van der Waals surface area contributed by atoms with E-state index in [1.165, 1.54) is 24.3 Å². The quantitative estimate of drug-likeness (QED) is 0.592. The molecule has 0 spiro atoms. The summed E-state index contributed by atoms with van der Waals surface area (Å²) in [7, 11) is -0.703. The van der Waals surface area contributed by atoms with Crippen LogP contribution >= 0.6 is 0 Å². The zero-order valence-electron chi connectivity index (χ0n) is 18.2. The zero-order chi connectivity index (χ0) is 23.6. The average Bonchev–Trinajstić information content (AvgIpc) is 2.82. The van der Waals surface area contributed by atoms with E-state index in [1.54, 1.807) is 31.3 Å². The first kappa shape index (κ1) is 22.6. The Morgan fingerprint density at radius 2 is 1.55 bits per heavy atom.